The summed E-state index contributed by atoms with van der Waals surface area (Å²) in [5.41, 5.74) is 1.45. The van der Waals surface area contributed by atoms with E-state index >= 15 is 0 Å². The molecule has 7 heteroatoms. The largest absolute Gasteiger partial charge is 0.494 e. The van der Waals surface area contributed by atoms with Crippen molar-refractivity contribution in [2.24, 2.45) is 0 Å². The molecular formula is C24H25FN2O4. The van der Waals surface area contributed by atoms with Gasteiger partial charge in [0.25, 0.3) is 11.8 Å². The average Bonchev–Trinajstić information content (AvgIpc) is 2.98. The molecule has 0 bridgehead atoms. The van der Waals surface area contributed by atoms with E-state index in [0.717, 1.165) is 4.90 Å². The Hall–Kier alpha value is -3.19. The lowest BCUT2D eigenvalue weighted by Gasteiger charge is -2.37. The van der Waals surface area contributed by atoms with E-state index in [4.69, 9.17) is 9.47 Å². The molecule has 2 unspecified atom stereocenters. The van der Waals surface area contributed by atoms with Crippen LogP contribution in [0.4, 0.5) is 10.1 Å². The lowest BCUT2D eigenvalue weighted by molar-refractivity contribution is -0.121. The van der Waals surface area contributed by atoms with E-state index in [-0.39, 0.29) is 17.9 Å². The SMILES string of the molecule is CCOc1ccc(C2=C(N3CC(C)OC(C)C3)C(=O)N(c3cccc(F)c3)C2=O)cc1. The van der Waals surface area contributed by atoms with Gasteiger partial charge in [0.2, 0.25) is 0 Å². The highest BCUT2D eigenvalue weighted by atomic mass is 19.1. The van der Waals surface area contributed by atoms with E-state index < -0.39 is 17.6 Å². The van der Waals surface area contributed by atoms with Crippen LogP contribution in [0, 0.1) is 5.82 Å². The molecule has 162 valence electrons. The molecule has 0 N–H and O–H groups in total. The molecule has 4 rings (SSSR count). The summed E-state index contributed by atoms with van der Waals surface area (Å²) in [6.45, 7) is 7.26. The molecule has 2 amide bonds. The zero-order valence-electron chi connectivity index (χ0n) is 17.8. The van der Waals surface area contributed by atoms with Gasteiger partial charge in [0, 0.05) is 13.1 Å². The minimum absolute atomic E-state index is 0.0936. The Balaban J connectivity index is 1.80. The number of amides is 2. The third kappa shape index (κ3) is 4.05. The molecule has 0 aromatic heterocycles. The zero-order chi connectivity index (χ0) is 22.1. The van der Waals surface area contributed by atoms with E-state index in [1.165, 1.54) is 18.2 Å². The summed E-state index contributed by atoms with van der Waals surface area (Å²) in [6.07, 6.45) is -0.187. The molecule has 0 aliphatic carbocycles. The topological polar surface area (TPSA) is 59.1 Å². The number of nitrogens with zero attached hydrogens (tertiary/aromatic N) is 2. The van der Waals surface area contributed by atoms with Crippen molar-refractivity contribution >= 4 is 23.1 Å². The lowest BCUT2D eigenvalue weighted by Crippen LogP contribution is -2.47. The van der Waals surface area contributed by atoms with Crippen LogP contribution in [0.2, 0.25) is 0 Å². The minimum Gasteiger partial charge on any atom is -0.494 e. The number of carbonyl (C=O) groups excluding carboxylic acids is 2. The maximum atomic E-state index is 13.9. The van der Waals surface area contributed by atoms with Crippen LogP contribution >= 0.6 is 0 Å². The van der Waals surface area contributed by atoms with Gasteiger partial charge >= 0.3 is 0 Å². The van der Waals surface area contributed by atoms with E-state index in [0.29, 0.717) is 42.3 Å². The smallest absolute Gasteiger partial charge is 0.282 e. The summed E-state index contributed by atoms with van der Waals surface area (Å²) in [7, 11) is 0. The summed E-state index contributed by atoms with van der Waals surface area (Å²) < 4.78 is 25.2. The third-order valence-corrected chi connectivity index (χ3v) is 5.32. The van der Waals surface area contributed by atoms with Crippen LogP contribution in [0.15, 0.2) is 54.2 Å². The average molecular weight is 424 g/mol. The lowest BCUT2D eigenvalue weighted by atomic mass is 10.0. The van der Waals surface area contributed by atoms with E-state index in [9.17, 15) is 14.0 Å². The van der Waals surface area contributed by atoms with Crippen LogP contribution < -0.4 is 9.64 Å². The van der Waals surface area contributed by atoms with Gasteiger partial charge in [-0.15, -0.1) is 0 Å². The first-order chi connectivity index (χ1) is 14.9. The highest BCUT2D eigenvalue weighted by Crippen LogP contribution is 2.36. The number of morpholine rings is 1. The normalized spacial score (nSPS) is 21.8. The highest BCUT2D eigenvalue weighted by Gasteiger charge is 2.44. The molecule has 0 spiro atoms. The van der Waals surface area contributed by atoms with Gasteiger partial charge in [-0.05, 0) is 56.7 Å². The summed E-state index contributed by atoms with van der Waals surface area (Å²) >= 11 is 0. The van der Waals surface area contributed by atoms with Crippen molar-refractivity contribution in [1.82, 2.24) is 4.90 Å². The van der Waals surface area contributed by atoms with Crippen molar-refractivity contribution in [2.75, 3.05) is 24.6 Å². The molecule has 2 aromatic carbocycles. The van der Waals surface area contributed by atoms with Crippen LogP contribution in [0.1, 0.15) is 26.3 Å². The number of hydrogen-bond donors (Lipinski definition) is 0. The summed E-state index contributed by atoms with van der Waals surface area (Å²) in [6, 6.07) is 12.6. The number of ether oxygens (including phenoxy) is 2. The van der Waals surface area contributed by atoms with Crippen LogP contribution in [-0.2, 0) is 14.3 Å². The molecule has 31 heavy (non-hydrogen) atoms. The third-order valence-electron chi connectivity index (χ3n) is 5.32. The Morgan fingerprint density at radius 1 is 1.03 bits per heavy atom. The second-order valence-corrected chi connectivity index (χ2v) is 7.77. The molecule has 1 fully saturated rings. The predicted octanol–water partition coefficient (Wildman–Crippen LogP) is 3.62. The van der Waals surface area contributed by atoms with Gasteiger partial charge in [-0.25, -0.2) is 9.29 Å². The Bertz CT molecular complexity index is 1020. The van der Waals surface area contributed by atoms with Crippen molar-refractivity contribution in [1.29, 1.82) is 0 Å². The quantitative estimate of drug-likeness (QED) is 0.687. The van der Waals surface area contributed by atoms with Crippen LogP contribution in [0.3, 0.4) is 0 Å². The van der Waals surface area contributed by atoms with Crippen molar-refractivity contribution in [2.45, 2.75) is 33.0 Å². The second-order valence-electron chi connectivity index (χ2n) is 7.77. The predicted molar refractivity (Wildman–Crippen MR) is 115 cm³/mol. The monoisotopic (exact) mass is 424 g/mol. The molecule has 2 heterocycles. The summed E-state index contributed by atoms with van der Waals surface area (Å²) in [4.78, 5) is 30.0. The summed E-state index contributed by atoms with van der Waals surface area (Å²) in [5.74, 6) is -0.758. The first kappa shape index (κ1) is 21.1. The van der Waals surface area contributed by atoms with Crippen molar-refractivity contribution in [3.05, 3.63) is 65.6 Å². The van der Waals surface area contributed by atoms with Crippen LogP contribution in [0.5, 0.6) is 5.75 Å². The Morgan fingerprint density at radius 3 is 2.32 bits per heavy atom. The molecule has 2 aromatic rings. The fraction of sp³-hybridized carbons (Fsp3) is 0.333. The molecule has 1 saturated heterocycles. The molecule has 2 atom stereocenters. The number of carbonyl (C=O) groups is 2. The number of imide groups is 1. The summed E-state index contributed by atoms with van der Waals surface area (Å²) in [5, 5.41) is 0. The molecular weight excluding hydrogens is 399 g/mol. The molecule has 0 radical (unpaired) electrons. The maximum absolute atomic E-state index is 13.9. The Morgan fingerprint density at radius 2 is 1.71 bits per heavy atom. The number of hydrogen-bond acceptors (Lipinski definition) is 5. The number of halogens is 1. The standard InChI is InChI=1S/C24H25FN2O4/c1-4-30-20-10-8-17(9-11-20)21-22(26-13-15(2)31-16(3)14-26)24(29)27(23(21)28)19-7-5-6-18(25)12-19/h5-12,15-16H,4,13-14H2,1-3H3. The first-order valence-electron chi connectivity index (χ1n) is 10.4. The van der Waals surface area contributed by atoms with E-state index in [2.05, 4.69) is 0 Å². The number of benzene rings is 2. The van der Waals surface area contributed by atoms with Gasteiger partial charge in [-0.1, -0.05) is 18.2 Å². The number of anilines is 1. The fourth-order valence-corrected chi connectivity index (χ4v) is 4.17. The van der Waals surface area contributed by atoms with Crippen molar-refractivity contribution in [3.8, 4) is 5.75 Å². The van der Waals surface area contributed by atoms with Gasteiger partial charge in [-0.2, -0.15) is 0 Å². The van der Waals surface area contributed by atoms with Gasteiger partial charge in [-0.3, -0.25) is 9.59 Å². The van der Waals surface area contributed by atoms with E-state index in [1.54, 1.807) is 30.3 Å². The Kier molecular flexibility index (Phi) is 5.78. The fourth-order valence-electron chi connectivity index (χ4n) is 4.17. The maximum Gasteiger partial charge on any atom is 0.282 e. The van der Waals surface area contributed by atoms with Gasteiger partial charge in [0.05, 0.1) is 30.1 Å². The Labute approximate surface area is 180 Å². The van der Waals surface area contributed by atoms with Crippen molar-refractivity contribution in [3.63, 3.8) is 0 Å². The minimum atomic E-state index is -0.511. The van der Waals surface area contributed by atoms with Crippen LogP contribution in [-0.4, -0.2) is 48.6 Å². The molecule has 0 saturated carbocycles. The number of rotatable bonds is 5. The molecule has 2 aliphatic rings. The zero-order valence-corrected chi connectivity index (χ0v) is 17.8. The van der Waals surface area contributed by atoms with Gasteiger partial charge in [0.1, 0.15) is 17.3 Å². The first-order valence-corrected chi connectivity index (χ1v) is 10.4. The van der Waals surface area contributed by atoms with Crippen molar-refractivity contribution < 1.29 is 23.5 Å². The highest BCUT2D eigenvalue weighted by molar-refractivity contribution is 6.45. The molecule has 2 aliphatic heterocycles. The van der Waals surface area contributed by atoms with Gasteiger partial charge < -0.3 is 14.4 Å². The second kappa shape index (κ2) is 8.51. The van der Waals surface area contributed by atoms with Crippen LogP contribution in [0.25, 0.3) is 5.57 Å². The van der Waals surface area contributed by atoms with Gasteiger partial charge in [0.15, 0.2) is 0 Å². The van der Waals surface area contributed by atoms with E-state index in [1.807, 2.05) is 25.7 Å². The molecule has 6 nitrogen and oxygen atoms in total.